The van der Waals surface area contributed by atoms with Gasteiger partial charge in [0.25, 0.3) is 0 Å². The fourth-order valence-corrected chi connectivity index (χ4v) is 3.39. The third-order valence-electron chi connectivity index (χ3n) is 2.72. The molecule has 0 aliphatic heterocycles. The van der Waals surface area contributed by atoms with Gasteiger partial charge in [0, 0.05) is 10.0 Å². The summed E-state index contributed by atoms with van der Waals surface area (Å²) >= 11 is 6.70. The number of hydrogen-bond acceptors (Lipinski definition) is 1. The van der Waals surface area contributed by atoms with Crippen LogP contribution in [0.3, 0.4) is 0 Å². The van der Waals surface area contributed by atoms with E-state index in [9.17, 15) is 8.78 Å². The van der Waals surface area contributed by atoms with Crippen LogP contribution in [-0.4, -0.2) is 7.11 Å². The lowest BCUT2D eigenvalue weighted by atomic mass is 10.0. The van der Waals surface area contributed by atoms with Crippen LogP contribution in [0.25, 0.3) is 0 Å². The van der Waals surface area contributed by atoms with Crippen molar-refractivity contribution in [1.29, 1.82) is 0 Å². The number of rotatable bonds is 3. The summed E-state index contributed by atoms with van der Waals surface area (Å²) in [7, 11) is 1.40. The smallest absolute Gasteiger partial charge is 0.165 e. The van der Waals surface area contributed by atoms with Gasteiger partial charge in [0.15, 0.2) is 11.6 Å². The molecule has 0 spiro atoms. The lowest BCUT2D eigenvalue weighted by Gasteiger charge is -2.14. The van der Waals surface area contributed by atoms with Gasteiger partial charge in [0.2, 0.25) is 0 Å². The summed E-state index contributed by atoms with van der Waals surface area (Å²) in [6.45, 7) is 0. The average molecular weight is 392 g/mol. The molecule has 1 nitrogen and oxygen atoms in total. The largest absolute Gasteiger partial charge is 0.494 e. The third-order valence-corrected chi connectivity index (χ3v) is 4.40. The number of benzene rings is 2. The van der Waals surface area contributed by atoms with E-state index in [1.54, 1.807) is 18.2 Å². The van der Waals surface area contributed by atoms with E-state index in [0.717, 1.165) is 0 Å². The molecule has 0 aliphatic carbocycles. The van der Waals surface area contributed by atoms with Crippen molar-refractivity contribution in [2.45, 2.75) is 4.83 Å². The number of halogens is 4. The summed E-state index contributed by atoms with van der Waals surface area (Å²) in [6, 6.07) is 9.27. The van der Waals surface area contributed by atoms with Gasteiger partial charge in [0.1, 0.15) is 5.82 Å². The molecule has 0 N–H and O–H groups in total. The van der Waals surface area contributed by atoms with Crippen LogP contribution in [0.4, 0.5) is 8.78 Å². The second-order valence-corrected chi connectivity index (χ2v) is 5.66. The van der Waals surface area contributed by atoms with Gasteiger partial charge in [-0.15, -0.1) is 0 Å². The Bertz CT molecular complexity index is 582. The maximum absolute atomic E-state index is 13.9. The molecule has 5 heteroatoms. The molecular formula is C14H10Br2F2O. The summed E-state index contributed by atoms with van der Waals surface area (Å²) in [6.07, 6.45) is 0. The molecule has 0 saturated heterocycles. The van der Waals surface area contributed by atoms with Crippen LogP contribution in [-0.2, 0) is 0 Å². The minimum absolute atomic E-state index is 0.163. The molecule has 100 valence electrons. The predicted octanol–water partition coefficient (Wildman–Crippen LogP) is 5.22. The predicted molar refractivity (Wildman–Crippen MR) is 77.8 cm³/mol. The number of ether oxygens (including phenoxy) is 1. The zero-order valence-electron chi connectivity index (χ0n) is 9.96. The lowest BCUT2D eigenvalue weighted by molar-refractivity contribution is 0.386. The summed E-state index contributed by atoms with van der Waals surface area (Å²) in [4.78, 5) is -0.441. The highest BCUT2D eigenvalue weighted by atomic mass is 79.9. The fourth-order valence-electron chi connectivity index (χ4n) is 1.76. The van der Waals surface area contributed by atoms with Crippen LogP contribution >= 0.6 is 31.9 Å². The van der Waals surface area contributed by atoms with E-state index in [4.69, 9.17) is 4.74 Å². The van der Waals surface area contributed by atoms with Crippen LogP contribution < -0.4 is 4.74 Å². The Balaban J connectivity index is 2.44. The van der Waals surface area contributed by atoms with E-state index in [1.807, 2.05) is 0 Å². The first kappa shape index (κ1) is 14.5. The molecule has 0 aromatic heterocycles. The zero-order valence-corrected chi connectivity index (χ0v) is 13.1. The maximum Gasteiger partial charge on any atom is 0.165 e. The van der Waals surface area contributed by atoms with E-state index < -0.39 is 10.6 Å². The standard InChI is InChI=1S/C14H10Br2F2O/c1-19-12-6-5-8(7-11(12)18)14(16)13-9(15)3-2-4-10(13)17/h2-7,14H,1H3. The van der Waals surface area contributed by atoms with Crippen LogP contribution in [0.15, 0.2) is 40.9 Å². The van der Waals surface area contributed by atoms with Gasteiger partial charge in [-0.25, -0.2) is 8.78 Å². The topological polar surface area (TPSA) is 9.23 Å². The maximum atomic E-state index is 13.9. The molecule has 2 aromatic carbocycles. The molecule has 0 amide bonds. The van der Waals surface area contributed by atoms with Crippen molar-refractivity contribution in [3.8, 4) is 5.75 Å². The molecule has 0 fully saturated rings. The van der Waals surface area contributed by atoms with E-state index in [1.165, 1.54) is 25.3 Å². The highest BCUT2D eigenvalue weighted by Gasteiger charge is 2.19. The van der Waals surface area contributed by atoms with Gasteiger partial charge in [-0.3, -0.25) is 0 Å². The van der Waals surface area contributed by atoms with Crippen molar-refractivity contribution in [3.63, 3.8) is 0 Å². The third kappa shape index (κ3) is 2.98. The van der Waals surface area contributed by atoms with Crippen molar-refractivity contribution < 1.29 is 13.5 Å². The van der Waals surface area contributed by atoms with Crippen molar-refractivity contribution in [1.82, 2.24) is 0 Å². The number of methoxy groups -OCH3 is 1. The molecule has 0 aliphatic rings. The van der Waals surface area contributed by atoms with Crippen molar-refractivity contribution >= 4 is 31.9 Å². The molecule has 0 heterocycles. The van der Waals surface area contributed by atoms with Gasteiger partial charge < -0.3 is 4.74 Å². The van der Waals surface area contributed by atoms with Crippen molar-refractivity contribution in [3.05, 3.63) is 63.6 Å². The average Bonchev–Trinajstić information content (AvgIpc) is 2.38. The van der Waals surface area contributed by atoms with E-state index >= 15 is 0 Å². The number of hydrogen-bond donors (Lipinski definition) is 0. The van der Waals surface area contributed by atoms with Crippen molar-refractivity contribution in [2.75, 3.05) is 7.11 Å². The number of alkyl halides is 1. The summed E-state index contributed by atoms with van der Waals surface area (Å²) in [5.74, 6) is -0.666. The van der Waals surface area contributed by atoms with Gasteiger partial charge >= 0.3 is 0 Å². The van der Waals surface area contributed by atoms with Crippen LogP contribution in [0.5, 0.6) is 5.75 Å². The first-order chi connectivity index (χ1) is 9.04. The van der Waals surface area contributed by atoms with Crippen LogP contribution in [0.2, 0.25) is 0 Å². The van der Waals surface area contributed by atoms with Crippen LogP contribution in [0.1, 0.15) is 16.0 Å². The molecule has 2 aromatic rings. The molecule has 0 radical (unpaired) electrons. The first-order valence-electron chi connectivity index (χ1n) is 5.46. The minimum atomic E-state index is -0.475. The Morgan fingerprint density at radius 2 is 1.84 bits per heavy atom. The second kappa shape index (κ2) is 6.01. The minimum Gasteiger partial charge on any atom is -0.494 e. The van der Waals surface area contributed by atoms with Gasteiger partial charge in [-0.1, -0.05) is 44.0 Å². The molecule has 0 bridgehead atoms. The summed E-state index contributed by atoms with van der Waals surface area (Å²) < 4.78 is 33.0. The molecule has 1 atom stereocenters. The lowest BCUT2D eigenvalue weighted by Crippen LogP contribution is -1.99. The molecule has 19 heavy (non-hydrogen) atoms. The van der Waals surface area contributed by atoms with E-state index in [2.05, 4.69) is 31.9 Å². The fraction of sp³-hybridized carbons (Fsp3) is 0.143. The SMILES string of the molecule is COc1ccc(C(Br)c2c(F)cccc2Br)cc1F. The Morgan fingerprint density at radius 3 is 2.42 bits per heavy atom. The summed E-state index contributed by atoms with van der Waals surface area (Å²) in [5, 5.41) is 0. The Kier molecular flexibility index (Phi) is 4.58. The summed E-state index contributed by atoms with van der Waals surface area (Å²) in [5.41, 5.74) is 1.05. The zero-order chi connectivity index (χ0) is 14.0. The second-order valence-electron chi connectivity index (χ2n) is 3.89. The Morgan fingerprint density at radius 1 is 1.11 bits per heavy atom. The van der Waals surface area contributed by atoms with E-state index in [-0.39, 0.29) is 11.6 Å². The van der Waals surface area contributed by atoms with Gasteiger partial charge in [0.05, 0.1) is 11.9 Å². The van der Waals surface area contributed by atoms with Gasteiger partial charge in [-0.05, 0) is 29.8 Å². The Hall–Kier alpha value is -0.940. The van der Waals surface area contributed by atoms with Crippen molar-refractivity contribution in [2.24, 2.45) is 0 Å². The molecule has 0 saturated carbocycles. The van der Waals surface area contributed by atoms with E-state index in [0.29, 0.717) is 15.6 Å². The normalized spacial score (nSPS) is 12.3. The highest BCUT2D eigenvalue weighted by molar-refractivity contribution is 9.11. The monoisotopic (exact) mass is 390 g/mol. The molecule has 1 unspecified atom stereocenters. The molecule has 2 rings (SSSR count). The van der Waals surface area contributed by atoms with Gasteiger partial charge in [-0.2, -0.15) is 0 Å². The Labute approximate surface area is 126 Å². The first-order valence-corrected chi connectivity index (χ1v) is 7.17. The highest BCUT2D eigenvalue weighted by Crippen LogP contribution is 2.38. The van der Waals surface area contributed by atoms with Crippen LogP contribution in [0, 0.1) is 11.6 Å². The quantitative estimate of drug-likeness (QED) is 0.651. The molecular weight excluding hydrogens is 382 g/mol.